The maximum Gasteiger partial charge on any atom is 0.242 e. The van der Waals surface area contributed by atoms with Crippen LogP contribution in [0.25, 0.3) is 0 Å². The van der Waals surface area contributed by atoms with Gasteiger partial charge in [0.1, 0.15) is 6.04 Å². The molecule has 2 amide bonds. The number of anilines is 1. The van der Waals surface area contributed by atoms with E-state index >= 15 is 0 Å². The zero-order chi connectivity index (χ0) is 27.0. The van der Waals surface area contributed by atoms with E-state index in [0.717, 1.165) is 43.1 Å². The van der Waals surface area contributed by atoms with Gasteiger partial charge in [-0.2, -0.15) is 0 Å². The molecule has 1 aliphatic rings. The molecular weight excluding hydrogens is 510 g/mol. The van der Waals surface area contributed by atoms with Gasteiger partial charge in [-0.15, -0.1) is 0 Å². The van der Waals surface area contributed by atoms with Gasteiger partial charge in [-0.25, -0.2) is 8.42 Å². The van der Waals surface area contributed by atoms with Gasteiger partial charge in [0.2, 0.25) is 21.8 Å². The second-order valence-electron chi connectivity index (χ2n) is 9.89. The van der Waals surface area contributed by atoms with Crippen LogP contribution in [0.5, 0.6) is 0 Å². The van der Waals surface area contributed by atoms with Crippen molar-refractivity contribution in [3.8, 4) is 0 Å². The van der Waals surface area contributed by atoms with Crippen LogP contribution in [-0.4, -0.2) is 50.0 Å². The Morgan fingerprint density at radius 2 is 1.78 bits per heavy atom. The van der Waals surface area contributed by atoms with Gasteiger partial charge < -0.3 is 10.2 Å². The third-order valence-corrected chi connectivity index (χ3v) is 8.40. The molecule has 2 aromatic rings. The topological polar surface area (TPSA) is 86.8 Å². The van der Waals surface area contributed by atoms with Crippen molar-refractivity contribution in [1.29, 1.82) is 0 Å². The summed E-state index contributed by atoms with van der Waals surface area (Å²) < 4.78 is 26.2. The lowest BCUT2D eigenvalue weighted by Gasteiger charge is -2.32. The Morgan fingerprint density at radius 3 is 2.43 bits per heavy atom. The van der Waals surface area contributed by atoms with Crippen molar-refractivity contribution in [1.82, 2.24) is 10.2 Å². The van der Waals surface area contributed by atoms with Crippen LogP contribution >= 0.6 is 11.6 Å². The van der Waals surface area contributed by atoms with Crippen molar-refractivity contribution < 1.29 is 18.0 Å². The highest BCUT2D eigenvalue weighted by molar-refractivity contribution is 7.92. The van der Waals surface area contributed by atoms with E-state index in [1.165, 1.54) is 10.7 Å². The molecule has 3 rings (SSSR count). The predicted molar refractivity (Wildman–Crippen MR) is 149 cm³/mol. The zero-order valence-corrected chi connectivity index (χ0v) is 23.5. The molecule has 0 aliphatic heterocycles. The third kappa shape index (κ3) is 8.47. The summed E-state index contributed by atoms with van der Waals surface area (Å²) in [5.41, 5.74) is 2.48. The monoisotopic (exact) mass is 547 g/mol. The molecule has 0 unspecified atom stereocenters. The van der Waals surface area contributed by atoms with Crippen LogP contribution < -0.4 is 9.62 Å². The Bertz CT molecular complexity index is 1180. The largest absolute Gasteiger partial charge is 0.352 e. The summed E-state index contributed by atoms with van der Waals surface area (Å²) in [5, 5.41) is 3.58. The molecule has 7 nitrogen and oxygen atoms in total. The van der Waals surface area contributed by atoms with Crippen LogP contribution in [0.4, 0.5) is 5.69 Å². The minimum atomic E-state index is -3.57. The first-order valence-electron chi connectivity index (χ1n) is 12.9. The maximum absolute atomic E-state index is 13.5. The highest BCUT2D eigenvalue weighted by atomic mass is 35.5. The first kappa shape index (κ1) is 29.0. The summed E-state index contributed by atoms with van der Waals surface area (Å²) in [5.74, 6) is -0.334. The molecule has 1 saturated carbocycles. The molecule has 1 aliphatic carbocycles. The average Bonchev–Trinajstić information content (AvgIpc) is 2.85. The molecule has 0 saturated heterocycles. The van der Waals surface area contributed by atoms with Gasteiger partial charge in [0.25, 0.3) is 0 Å². The lowest BCUT2D eigenvalue weighted by atomic mass is 9.95. The smallest absolute Gasteiger partial charge is 0.242 e. The second kappa shape index (κ2) is 13.3. The van der Waals surface area contributed by atoms with E-state index in [1.54, 1.807) is 36.1 Å². The SMILES string of the molecule is Cc1ccccc1CN(C(=O)CCCN(c1cccc(Cl)c1)S(C)(=O)=O)[C@H](C)C(=O)NC1CCCCC1. The van der Waals surface area contributed by atoms with E-state index in [-0.39, 0.29) is 30.8 Å². The van der Waals surface area contributed by atoms with Crippen LogP contribution in [0.15, 0.2) is 48.5 Å². The summed E-state index contributed by atoms with van der Waals surface area (Å²) in [6.07, 6.45) is 6.89. The van der Waals surface area contributed by atoms with Crippen molar-refractivity contribution in [3.05, 3.63) is 64.7 Å². The average molecular weight is 548 g/mol. The maximum atomic E-state index is 13.5. The zero-order valence-electron chi connectivity index (χ0n) is 22.0. The minimum Gasteiger partial charge on any atom is -0.352 e. The number of hydrogen-bond donors (Lipinski definition) is 1. The summed E-state index contributed by atoms with van der Waals surface area (Å²) >= 11 is 6.07. The molecule has 0 heterocycles. The number of hydrogen-bond acceptors (Lipinski definition) is 4. The third-order valence-electron chi connectivity index (χ3n) is 6.97. The Kier molecular flexibility index (Phi) is 10.4. The second-order valence-corrected chi connectivity index (χ2v) is 12.2. The number of carbonyl (C=O) groups is 2. The molecule has 202 valence electrons. The van der Waals surface area contributed by atoms with Gasteiger partial charge in [0.15, 0.2) is 0 Å². The van der Waals surface area contributed by atoms with Crippen LogP contribution in [0.1, 0.15) is 63.0 Å². The quantitative estimate of drug-likeness (QED) is 0.426. The summed E-state index contributed by atoms with van der Waals surface area (Å²) in [6, 6.07) is 14.0. The number of carbonyl (C=O) groups excluding carboxylic acids is 2. The van der Waals surface area contributed by atoms with Crippen LogP contribution in [0, 0.1) is 6.92 Å². The fourth-order valence-corrected chi connectivity index (χ4v) is 5.90. The summed E-state index contributed by atoms with van der Waals surface area (Å²) in [4.78, 5) is 28.2. The molecule has 0 bridgehead atoms. The van der Waals surface area contributed by atoms with Crippen molar-refractivity contribution in [2.45, 2.75) is 77.4 Å². The number of halogens is 1. The van der Waals surface area contributed by atoms with Gasteiger partial charge in [0.05, 0.1) is 11.9 Å². The first-order chi connectivity index (χ1) is 17.6. The van der Waals surface area contributed by atoms with Crippen LogP contribution in [0.2, 0.25) is 5.02 Å². The molecule has 0 aromatic heterocycles. The van der Waals surface area contributed by atoms with Gasteiger partial charge in [0, 0.05) is 30.6 Å². The van der Waals surface area contributed by atoms with Crippen LogP contribution in [-0.2, 0) is 26.2 Å². The molecule has 37 heavy (non-hydrogen) atoms. The fourth-order valence-electron chi connectivity index (χ4n) is 4.76. The summed E-state index contributed by atoms with van der Waals surface area (Å²) in [7, 11) is -3.57. The van der Waals surface area contributed by atoms with E-state index in [2.05, 4.69) is 5.32 Å². The molecule has 2 aromatic carbocycles. The predicted octanol–water partition coefficient (Wildman–Crippen LogP) is 5.06. The standard InChI is InChI=1S/C28H38ClN3O4S/c1-21-11-7-8-12-23(21)20-31(22(2)28(34)30-25-14-5-4-6-15-25)27(33)17-10-18-32(37(3,35)36)26-16-9-13-24(29)19-26/h7-9,11-13,16,19,22,25H,4-6,10,14-15,17-18,20H2,1-3H3,(H,30,34)/t22-/m1/s1. The van der Waals surface area contributed by atoms with Crippen molar-refractivity contribution in [2.24, 2.45) is 0 Å². The van der Waals surface area contributed by atoms with Gasteiger partial charge in [-0.1, -0.05) is 61.2 Å². The molecule has 9 heteroatoms. The Morgan fingerprint density at radius 1 is 1.08 bits per heavy atom. The number of nitrogens with zero attached hydrogens (tertiary/aromatic N) is 2. The molecule has 0 spiro atoms. The highest BCUT2D eigenvalue weighted by Gasteiger charge is 2.28. The number of aryl methyl sites for hydroxylation is 1. The molecule has 1 atom stereocenters. The normalized spacial score (nSPS) is 15.1. The molecular formula is C28H38ClN3O4S. The Labute approximate surface area is 226 Å². The number of benzene rings is 2. The minimum absolute atomic E-state index is 0.111. The van der Waals surface area contributed by atoms with E-state index in [9.17, 15) is 18.0 Å². The molecule has 0 radical (unpaired) electrons. The fraction of sp³-hybridized carbons (Fsp3) is 0.500. The van der Waals surface area contributed by atoms with Crippen LogP contribution in [0.3, 0.4) is 0 Å². The highest BCUT2D eigenvalue weighted by Crippen LogP contribution is 2.23. The Hall–Kier alpha value is -2.58. The van der Waals surface area contributed by atoms with E-state index in [0.29, 0.717) is 23.7 Å². The molecule has 1 fully saturated rings. The van der Waals surface area contributed by atoms with Gasteiger partial charge in [-0.3, -0.25) is 13.9 Å². The number of nitrogens with one attached hydrogen (secondary N) is 1. The van der Waals surface area contributed by atoms with Gasteiger partial charge >= 0.3 is 0 Å². The van der Waals surface area contributed by atoms with Crippen molar-refractivity contribution >= 4 is 39.1 Å². The molecule has 1 N–H and O–H groups in total. The Balaban J connectivity index is 1.72. The lowest BCUT2D eigenvalue weighted by molar-refractivity contribution is -0.141. The lowest BCUT2D eigenvalue weighted by Crippen LogP contribution is -2.50. The number of amides is 2. The first-order valence-corrected chi connectivity index (χ1v) is 15.2. The van der Waals surface area contributed by atoms with Crippen molar-refractivity contribution in [2.75, 3.05) is 17.1 Å². The van der Waals surface area contributed by atoms with Crippen molar-refractivity contribution in [3.63, 3.8) is 0 Å². The van der Waals surface area contributed by atoms with Gasteiger partial charge in [-0.05, 0) is 62.4 Å². The van der Waals surface area contributed by atoms with E-state index < -0.39 is 16.1 Å². The van der Waals surface area contributed by atoms with E-state index in [1.807, 2.05) is 31.2 Å². The summed E-state index contributed by atoms with van der Waals surface area (Å²) in [6.45, 7) is 4.20. The number of rotatable bonds is 11. The van der Waals surface area contributed by atoms with E-state index in [4.69, 9.17) is 11.6 Å². The number of sulfonamides is 1.